The summed E-state index contributed by atoms with van der Waals surface area (Å²) in [5, 5.41) is 8.10. The summed E-state index contributed by atoms with van der Waals surface area (Å²) in [5.41, 5.74) is 3.99. The first-order chi connectivity index (χ1) is 16.1. The van der Waals surface area contributed by atoms with E-state index in [1.807, 2.05) is 74.8 Å². The smallest absolute Gasteiger partial charge is 0.410 e. The molecule has 1 N–H and O–H groups in total. The molecule has 0 unspecified atom stereocenters. The van der Waals surface area contributed by atoms with Gasteiger partial charge >= 0.3 is 6.09 Å². The first-order valence-corrected chi connectivity index (χ1v) is 11.7. The topological polar surface area (TPSA) is 76.5 Å². The Bertz CT molecular complexity index is 1230. The fourth-order valence-corrected chi connectivity index (χ4v) is 4.08. The van der Waals surface area contributed by atoms with E-state index in [4.69, 9.17) is 16.3 Å². The number of fused-ring (bicyclic) bond motifs is 1. The highest BCUT2D eigenvalue weighted by Crippen LogP contribution is 2.23. The lowest BCUT2D eigenvalue weighted by molar-refractivity contribution is 0.0224. The number of anilines is 1. The molecule has 0 saturated heterocycles. The van der Waals surface area contributed by atoms with E-state index >= 15 is 0 Å². The molecule has 0 aliphatic carbocycles. The molecule has 0 spiro atoms. The van der Waals surface area contributed by atoms with Crippen molar-refractivity contribution in [3.63, 3.8) is 0 Å². The Morgan fingerprint density at radius 3 is 2.62 bits per heavy atom. The Morgan fingerprint density at radius 1 is 1.12 bits per heavy atom. The third-order valence-corrected chi connectivity index (χ3v) is 6.00. The average Bonchev–Trinajstić information content (AvgIpc) is 3.11. The van der Waals surface area contributed by atoms with E-state index in [1.165, 1.54) is 0 Å². The summed E-state index contributed by atoms with van der Waals surface area (Å²) >= 11 is 6.27. The van der Waals surface area contributed by atoms with Gasteiger partial charge in [-0.25, -0.2) is 4.79 Å². The molecule has 0 radical (unpaired) electrons. The van der Waals surface area contributed by atoms with Gasteiger partial charge in [0, 0.05) is 35.4 Å². The van der Waals surface area contributed by atoms with Crippen LogP contribution in [0.25, 0.3) is 0 Å². The maximum absolute atomic E-state index is 12.9. The Balaban J connectivity index is 1.42. The summed E-state index contributed by atoms with van der Waals surface area (Å²) in [7, 11) is 0. The molecule has 2 heterocycles. The molecule has 2 aromatic carbocycles. The van der Waals surface area contributed by atoms with E-state index in [-0.39, 0.29) is 12.0 Å². The lowest BCUT2D eigenvalue weighted by Gasteiger charge is -2.31. The van der Waals surface area contributed by atoms with Crippen LogP contribution in [0.15, 0.2) is 48.5 Å². The van der Waals surface area contributed by atoms with Gasteiger partial charge in [-0.2, -0.15) is 5.10 Å². The fraction of sp³-hybridized carbons (Fsp3) is 0.346. The number of hydrogen-bond acceptors (Lipinski definition) is 4. The zero-order valence-corrected chi connectivity index (χ0v) is 20.6. The highest BCUT2D eigenvalue weighted by atomic mass is 35.5. The van der Waals surface area contributed by atoms with E-state index in [0.717, 1.165) is 22.4 Å². The van der Waals surface area contributed by atoms with Crippen LogP contribution in [0.1, 0.15) is 53.5 Å². The Labute approximate surface area is 204 Å². The van der Waals surface area contributed by atoms with E-state index in [1.54, 1.807) is 11.0 Å². The van der Waals surface area contributed by atoms with Crippen molar-refractivity contribution < 1.29 is 14.3 Å². The minimum atomic E-state index is -0.530. The molecule has 178 valence electrons. The molecular weight excluding hydrogens is 452 g/mol. The van der Waals surface area contributed by atoms with Crippen LogP contribution >= 0.6 is 11.6 Å². The lowest BCUT2D eigenvalue weighted by atomic mass is 9.97. The van der Waals surface area contributed by atoms with E-state index in [2.05, 4.69) is 10.4 Å². The second kappa shape index (κ2) is 9.50. The number of aromatic nitrogens is 2. The molecule has 0 bridgehead atoms. The second-order valence-electron chi connectivity index (χ2n) is 9.51. The van der Waals surface area contributed by atoms with Gasteiger partial charge < -0.3 is 15.0 Å². The number of nitrogens with zero attached hydrogens (tertiary/aromatic N) is 3. The van der Waals surface area contributed by atoms with Gasteiger partial charge in [0.1, 0.15) is 5.60 Å². The molecule has 1 aliphatic rings. The minimum Gasteiger partial charge on any atom is -0.444 e. The van der Waals surface area contributed by atoms with Crippen molar-refractivity contribution in [3.05, 3.63) is 81.5 Å². The van der Waals surface area contributed by atoms with Crippen molar-refractivity contribution in [1.29, 1.82) is 0 Å². The summed E-state index contributed by atoms with van der Waals surface area (Å²) in [5.74, 6) is 0.267. The van der Waals surface area contributed by atoms with Gasteiger partial charge in [0.25, 0.3) is 5.91 Å². The van der Waals surface area contributed by atoms with Crippen LogP contribution in [0.4, 0.5) is 10.6 Å². The molecule has 34 heavy (non-hydrogen) atoms. The molecule has 1 aliphatic heterocycles. The van der Waals surface area contributed by atoms with Crippen molar-refractivity contribution in [2.45, 2.75) is 52.8 Å². The zero-order chi connectivity index (χ0) is 24.5. The van der Waals surface area contributed by atoms with Gasteiger partial charge in [0.2, 0.25) is 0 Å². The number of carbonyl (C=O) groups excluding carboxylic acids is 2. The maximum Gasteiger partial charge on any atom is 0.410 e. The number of rotatable bonds is 4. The number of aryl methyl sites for hydroxylation is 1. The number of hydrogen-bond donors (Lipinski definition) is 1. The Kier molecular flexibility index (Phi) is 6.66. The van der Waals surface area contributed by atoms with Crippen molar-refractivity contribution in [2.75, 3.05) is 11.9 Å². The SMILES string of the molecule is Cc1cc(NC(=O)c2ccc3c(c2)CCN(C(=O)OC(C)(C)C)C3)nn1Cc1ccccc1Cl. The van der Waals surface area contributed by atoms with Crippen LogP contribution < -0.4 is 5.32 Å². The lowest BCUT2D eigenvalue weighted by Crippen LogP contribution is -2.39. The van der Waals surface area contributed by atoms with Gasteiger partial charge in [-0.1, -0.05) is 35.9 Å². The molecule has 2 amide bonds. The number of nitrogens with one attached hydrogen (secondary N) is 1. The van der Waals surface area contributed by atoms with Crippen molar-refractivity contribution in [1.82, 2.24) is 14.7 Å². The summed E-state index contributed by atoms with van der Waals surface area (Å²) < 4.78 is 7.30. The van der Waals surface area contributed by atoms with E-state index < -0.39 is 5.60 Å². The summed E-state index contributed by atoms with van der Waals surface area (Å²) in [6.07, 6.45) is 0.351. The van der Waals surface area contributed by atoms with Gasteiger partial charge in [-0.15, -0.1) is 0 Å². The predicted octanol–water partition coefficient (Wildman–Crippen LogP) is 5.44. The van der Waals surface area contributed by atoms with Crippen LogP contribution in [0.3, 0.4) is 0 Å². The van der Waals surface area contributed by atoms with Crippen molar-refractivity contribution in [2.24, 2.45) is 0 Å². The van der Waals surface area contributed by atoms with Crippen molar-refractivity contribution in [3.8, 4) is 0 Å². The quantitative estimate of drug-likeness (QED) is 0.539. The Hall–Kier alpha value is -3.32. The number of carbonyl (C=O) groups is 2. The molecule has 4 rings (SSSR count). The van der Waals surface area contributed by atoms with Gasteiger partial charge in [-0.3, -0.25) is 9.48 Å². The summed E-state index contributed by atoms with van der Waals surface area (Å²) in [4.78, 5) is 27.0. The van der Waals surface area contributed by atoms with Crippen LogP contribution in [0, 0.1) is 6.92 Å². The maximum atomic E-state index is 12.9. The highest BCUT2D eigenvalue weighted by molar-refractivity contribution is 6.31. The summed E-state index contributed by atoms with van der Waals surface area (Å²) in [6, 6.07) is 15.0. The molecular formula is C26H29ClN4O3. The molecule has 8 heteroatoms. The zero-order valence-electron chi connectivity index (χ0n) is 19.9. The largest absolute Gasteiger partial charge is 0.444 e. The number of ether oxygens (including phenoxy) is 1. The first kappa shape index (κ1) is 23.8. The molecule has 3 aromatic rings. The van der Waals surface area contributed by atoms with Crippen molar-refractivity contribution >= 4 is 29.4 Å². The monoisotopic (exact) mass is 480 g/mol. The third-order valence-electron chi connectivity index (χ3n) is 5.63. The molecule has 0 atom stereocenters. The number of amides is 2. The van der Waals surface area contributed by atoms with Crippen LogP contribution in [0.2, 0.25) is 5.02 Å². The molecule has 1 aromatic heterocycles. The van der Waals surface area contributed by atoms with Crippen LogP contribution in [-0.4, -0.2) is 38.8 Å². The van der Waals surface area contributed by atoms with Gasteiger partial charge in [0.05, 0.1) is 6.54 Å². The minimum absolute atomic E-state index is 0.222. The Morgan fingerprint density at radius 2 is 1.88 bits per heavy atom. The number of halogens is 1. The van der Waals surface area contributed by atoms with Gasteiger partial charge in [-0.05, 0) is 69.0 Å². The molecule has 7 nitrogen and oxygen atoms in total. The van der Waals surface area contributed by atoms with E-state index in [0.29, 0.717) is 42.5 Å². The summed E-state index contributed by atoms with van der Waals surface area (Å²) in [6.45, 7) is 9.05. The average molecular weight is 481 g/mol. The van der Waals surface area contributed by atoms with E-state index in [9.17, 15) is 9.59 Å². The van der Waals surface area contributed by atoms with Crippen LogP contribution in [-0.2, 0) is 24.2 Å². The predicted molar refractivity (Wildman–Crippen MR) is 132 cm³/mol. The highest BCUT2D eigenvalue weighted by Gasteiger charge is 2.26. The second-order valence-corrected chi connectivity index (χ2v) is 9.92. The van der Waals surface area contributed by atoms with Crippen LogP contribution in [0.5, 0.6) is 0 Å². The number of benzene rings is 2. The molecule has 0 saturated carbocycles. The van der Waals surface area contributed by atoms with Gasteiger partial charge in [0.15, 0.2) is 5.82 Å². The standard InChI is InChI=1S/C26H29ClN4O3/c1-17-13-23(29-31(17)16-21-7-5-6-8-22(21)27)28-24(32)19-9-10-20-15-30(12-11-18(20)14-19)25(33)34-26(2,3)4/h5-10,13-14H,11-12,15-16H2,1-4H3,(H,28,29,32). The molecule has 0 fully saturated rings. The third kappa shape index (κ3) is 5.59. The fourth-order valence-electron chi connectivity index (χ4n) is 3.88. The first-order valence-electron chi connectivity index (χ1n) is 11.3. The normalized spacial score (nSPS) is 13.4.